The summed E-state index contributed by atoms with van der Waals surface area (Å²) in [5.41, 5.74) is 0.133. The van der Waals surface area contributed by atoms with E-state index in [1.165, 1.54) is 0 Å². The smallest absolute Gasteiger partial charge is 0.257 e. The normalized spacial score (nSPS) is 23.2. The van der Waals surface area contributed by atoms with Crippen molar-refractivity contribution < 1.29 is 9.18 Å². The second-order valence-electron chi connectivity index (χ2n) is 5.21. The predicted molar refractivity (Wildman–Crippen MR) is 71.7 cm³/mol. The Morgan fingerprint density at radius 2 is 2.21 bits per heavy atom. The Bertz CT molecular complexity index is 495. The third-order valence-corrected chi connectivity index (χ3v) is 3.86. The molecule has 2 unspecified atom stereocenters. The van der Waals surface area contributed by atoms with Crippen LogP contribution in [0.15, 0.2) is 12.3 Å². The number of halogens is 2. The quantitative estimate of drug-likeness (QED) is 0.779. The lowest BCUT2D eigenvalue weighted by Crippen LogP contribution is -2.35. The minimum Gasteiger partial charge on any atom is -0.337 e. The molecule has 1 amide bonds. The fourth-order valence-electron chi connectivity index (χ4n) is 2.53. The van der Waals surface area contributed by atoms with Gasteiger partial charge >= 0.3 is 0 Å². The highest BCUT2D eigenvalue weighted by Crippen LogP contribution is 2.24. The molecule has 1 fully saturated rings. The van der Waals surface area contributed by atoms with Crippen LogP contribution in [0.4, 0.5) is 4.39 Å². The highest BCUT2D eigenvalue weighted by atomic mass is 35.5. The van der Waals surface area contributed by atoms with E-state index in [0.29, 0.717) is 25.0 Å². The zero-order valence-electron chi connectivity index (χ0n) is 11.2. The molecular formula is C13H17ClFN3O. The van der Waals surface area contributed by atoms with E-state index >= 15 is 0 Å². The molecule has 4 nitrogen and oxygen atoms in total. The van der Waals surface area contributed by atoms with E-state index in [1.54, 1.807) is 4.90 Å². The van der Waals surface area contributed by atoms with E-state index < -0.39 is 5.82 Å². The van der Waals surface area contributed by atoms with Crippen molar-refractivity contribution in [3.63, 3.8) is 0 Å². The Balaban J connectivity index is 2.19. The summed E-state index contributed by atoms with van der Waals surface area (Å²) in [6.07, 6.45) is 1.01. The third-order valence-electron chi connectivity index (χ3n) is 3.56. The number of aromatic nitrogens is 1. The van der Waals surface area contributed by atoms with Crippen molar-refractivity contribution in [2.75, 3.05) is 27.2 Å². The minimum absolute atomic E-state index is 0.0485. The zero-order chi connectivity index (χ0) is 14.2. The molecule has 1 aromatic rings. The first-order valence-corrected chi connectivity index (χ1v) is 6.54. The fourth-order valence-corrected chi connectivity index (χ4v) is 2.71. The molecule has 0 N–H and O–H groups in total. The standard InChI is InChI=1S/C13H17ClFN3O/c1-8-6-18(7-11(8)17(2)3)13(19)10-4-9(15)5-16-12(10)14/h4-5,8,11H,6-7H2,1-3H3. The maximum atomic E-state index is 13.2. The number of amides is 1. The summed E-state index contributed by atoms with van der Waals surface area (Å²) in [6, 6.07) is 1.45. The van der Waals surface area contributed by atoms with Gasteiger partial charge < -0.3 is 9.80 Å². The molecule has 0 saturated carbocycles. The highest BCUT2D eigenvalue weighted by molar-refractivity contribution is 6.32. The van der Waals surface area contributed by atoms with Crippen molar-refractivity contribution in [2.45, 2.75) is 13.0 Å². The van der Waals surface area contributed by atoms with Crippen LogP contribution in [0.2, 0.25) is 5.15 Å². The third kappa shape index (κ3) is 2.87. The number of rotatable bonds is 2. The predicted octanol–water partition coefficient (Wildman–Crippen LogP) is 1.90. The van der Waals surface area contributed by atoms with Crippen molar-refractivity contribution in [2.24, 2.45) is 5.92 Å². The number of pyridine rings is 1. The Morgan fingerprint density at radius 1 is 1.53 bits per heavy atom. The Kier molecular flexibility index (Phi) is 4.06. The lowest BCUT2D eigenvalue weighted by atomic mass is 10.1. The molecule has 2 heterocycles. The van der Waals surface area contributed by atoms with Gasteiger partial charge in [0.15, 0.2) is 0 Å². The number of hydrogen-bond acceptors (Lipinski definition) is 3. The number of likely N-dealkylation sites (N-methyl/N-ethyl adjacent to an activating group) is 1. The first-order valence-electron chi connectivity index (χ1n) is 6.17. The zero-order valence-corrected chi connectivity index (χ0v) is 12.0. The van der Waals surface area contributed by atoms with Crippen LogP contribution in [0.25, 0.3) is 0 Å². The van der Waals surface area contributed by atoms with Crippen molar-refractivity contribution in [1.82, 2.24) is 14.8 Å². The van der Waals surface area contributed by atoms with E-state index in [-0.39, 0.29) is 16.6 Å². The van der Waals surface area contributed by atoms with Crippen LogP contribution in [0.3, 0.4) is 0 Å². The first-order chi connectivity index (χ1) is 8.90. The first kappa shape index (κ1) is 14.2. The lowest BCUT2D eigenvalue weighted by molar-refractivity contribution is 0.0780. The summed E-state index contributed by atoms with van der Waals surface area (Å²) in [5.74, 6) is -0.434. The summed E-state index contributed by atoms with van der Waals surface area (Å²) < 4.78 is 13.2. The second-order valence-corrected chi connectivity index (χ2v) is 5.57. The van der Waals surface area contributed by atoms with Gasteiger partial charge in [-0.05, 0) is 26.1 Å². The van der Waals surface area contributed by atoms with Crippen LogP contribution in [-0.4, -0.2) is 53.9 Å². The van der Waals surface area contributed by atoms with Crippen molar-refractivity contribution in [3.8, 4) is 0 Å². The summed E-state index contributed by atoms with van der Waals surface area (Å²) in [4.78, 5) is 19.8. The van der Waals surface area contributed by atoms with Crippen LogP contribution < -0.4 is 0 Å². The van der Waals surface area contributed by atoms with Gasteiger partial charge in [0.2, 0.25) is 0 Å². The van der Waals surface area contributed by atoms with Crippen LogP contribution >= 0.6 is 11.6 Å². The van der Waals surface area contributed by atoms with Gasteiger partial charge in [-0.25, -0.2) is 9.37 Å². The molecule has 1 aromatic heterocycles. The van der Waals surface area contributed by atoms with Crippen molar-refractivity contribution in [3.05, 3.63) is 28.8 Å². The van der Waals surface area contributed by atoms with Crippen LogP contribution in [-0.2, 0) is 0 Å². The van der Waals surface area contributed by atoms with Gasteiger partial charge in [0.25, 0.3) is 5.91 Å². The summed E-state index contributed by atoms with van der Waals surface area (Å²) in [7, 11) is 3.98. The molecule has 0 radical (unpaired) electrons. The molecular weight excluding hydrogens is 269 g/mol. The summed E-state index contributed by atoms with van der Waals surface area (Å²) in [6.45, 7) is 3.37. The molecule has 1 aliphatic heterocycles. The molecule has 1 aliphatic rings. The molecule has 0 aliphatic carbocycles. The Labute approximate surface area is 117 Å². The largest absolute Gasteiger partial charge is 0.337 e. The van der Waals surface area contributed by atoms with Crippen LogP contribution in [0.5, 0.6) is 0 Å². The molecule has 6 heteroatoms. The van der Waals surface area contributed by atoms with Crippen molar-refractivity contribution in [1.29, 1.82) is 0 Å². The molecule has 104 valence electrons. The minimum atomic E-state index is -0.552. The van der Waals surface area contributed by atoms with E-state index in [0.717, 1.165) is 12.3 Å². The molecule has 19 heavy (non-hydrogen) atoms. The average Bonchev–Trinajstić information content (AvgIpc) is 2.74. The van der Waals surface area contributed by atoms with Crippen LogP contribution in [0, 0.1) is 11.7 Å². The molecule has 1 saturated heterocycles. The van der Waals surface area contributed by atoms with Gasteiger partial charge in [-0.15, -0.1) is 0 Å². The maximum absolute atomic E-state index is 13.2. The SMILES string of the molecule is CC1CN(C(=O)c2cc(F)cnc2Cl)CC1N(C)C. The lowest BCUT2D eigenvalue weighted by Gasteiger charge is -2.22. The number of hydrogen-bond donors (Lipinski definition) is 0. The van der Waals surface area contributed by atoms with Gasteiger partial charge in [-0.2, -0.15) is 0 Å². The summed E-state index contributed by atoms with van der Waals surface area (Å²) >= 11 is 5.87. The van der Waals surface area contributed by atoms with Gasteiger partial charge in [0.1, 0.15) is 11.0 Å². The van der Waals surface area contributed by atoms with E-state index in [9.17, 15) is 9.18 Å². The molecule has 2 rings (SSSR count). The molecule has 0 aromatic carbocycles. The fraction of sp³-hybridized carbons (Fsp3) is 0.538. The number of carbonyl (C=O) groups is 1. The van der Waals surface area contributed by atoms with Gasteiger partial charge in [-0.3, -0.25) is 4.79 Å². The molecule has 2 atom stereocenters. The molecule has 0 spiro atoms. The second kappa shape index (κ2) is 5.43. The summed E-state index contributed by atoms with van der Waals surface area (Å²) in [5, 5.41) is 0.0485. The molecule has 0 bridgehead atoms. The van der Waals surface area contributed by atoms with E-state index in [4.69, 9.17) is 11.6 Å². The topological polar surface area (TPSA) is 36.4 Å². The Morgan fingerprint density at radius 3 is 2.79 bits per heavy atom. The van der Waals surface area contributed by atoms with Crippen molar-refractivity contribution >= 4 is 17.5 Å². The number of carbonyl (C=O) groups excluding carboxylic acids is 1. The van der Waals surface area contributed by atoms with E-state index in [2.05, 4.69) is 16.8 Å². The number of nitrogens with zero attached hydrogens (tertiary/aromatic N) is 3. The number of likely N-dealkylation sites (tertiary alicyclic amines) is 1. The average molecular weight is 286 g/mol. The maximum Gasteiger partial charge on any atom is 0.257 e. The van der Waals surface area contributed by atoms with Gasteiger partial charge in [0, 0.05) is 19.1 Å². The van der Waals surface area contributed by atoms with Gasteiger partial charge in [-0.1, -0.05) is 18.5 Å². The van der Waals surface area contributed by atoms with E-state index in [1.807, 2.05) is 14.1 Å². The monoisotopic (exact) mass is 285 g/mol. The Hall–Kier alpha value is -1.20. The van der Waals surface area contributed by atoms with Gasteiger partial charge in [0.05, 0.1) is 11.8 Å². The highest BCUT2D eigenvalue weighted by Gasteiger charge is 2.34. The van der Waals surface area contributed by atoms with Crippen LogP contribution in [0.1, 0.15) is 17.3 Å².